The van der Waals surface area contributed by atoms with Crippen LogP contribution in [0.3, 0.4) is 0 Å². The number of thiophene rings is 1. The van der Waals surface area contributed by atoms with E-state index in [1.165, 1.54) is 28.9 Å². The van der Waals surface area contributed by atoms with Crippen molar-refractivity contribution in [1.29, 1.82) is 0 Å². The van der Waals surface area contributed by atoms with E-state index in [-0.39, 0.29) is 17.8 Å². The van der Waals surface area contributed by atoms with Gasteiger partial charge in [-0.1, -0.05) is 18.2 Å². The summed E-state index contributed by atoms with van der Waals surface area (Å²) in [4.78, 5) is 20.2. The maximum Gasteiger partial charge on any atom is 0.291 e. The van der Waals surface area contributed by atoms with Gasteiger partial charge < -0.3 is 15.8 Å². The number of carbonyl (C=O) groups excluding carboxylic acids is 1. The summed E-state index contributed by atoms with van der Waals surface area (Å²) >= 11 is 1.42. The lowest BCUT2D eigenvalue weighted by atomic mass is 10.2. The zero-order valence-corrected chi connectivity index (χ0v) is 18.3. The van der Waals surface area contributed by atoms with E-state index in [9.17, 15) is 4.79 Å². The highest BCUT2D eigenvalue weighted by Crippen LogP contribution is 2.27. The molecule has 8 nitrogen and oxygen atoms in total. The number of carbonyl (C=O) groups is 1. The minimum atomic E-state index is -0.278. The maximum atomic E-state index is 13.1. The van der Waals surface area contributed by atoms with E-state index in [4.69, 9.17) is 10.5 Å². The lowest BCUT2D eigenvalue weighted by molar-refractivity contribution is 0.0952. The van der Waals surface area contributed by atoms with Crippen molar-refractivity contribution < 1.29 is 9.53 Å². The summed E-state index contributed by atoms with van der Waals surface area (Å²) in [6, 6.07) is 17.3. The van der Waals surface area contributed by atoms with Gasteiger partial charge in [0.25, 0.3) is 5.91 Å². The van der Waals surface area contributed by atoms with E-state index in [1.807, 2.05) is 54.6 Å². The third-order valence-corrected chi connectivity index (χ3v) is 6.54. The zero-order chi connectivity index (χ0) is 21.9. The first-order valence-corrected chi connectivity index (χ1v) is 11.5. The number of ether oxygens (including phenoxy) is 1. The number of benzene rings is 2. The van der Waals surface area contributed by atoms with E-state index >= 15 is 0 Å². The molecule has 1 saturated heterocycles. The van der Waals surface area contributed by atoms with Gasteiger partial charge in [-0.05, 0) is 67.7 Å². The normalized spacial score (nSPS) is 14.1. The molecule has 5 rings (SSSR count). The predicted octanol–water partition coefficient (Wildman–Crippen LogP) is 3.98. The van der Waals surface area contributed by atoms with Crippen LogP contribution in [-0.2, 0) is 0 Å². The quantitative estimate of drug-likeness (QED) is 0.441. The standard InChI is InChI=1S/C23H24N6O2S/c24-22-26-23(29(27-22)21(30)20-15-16-5-1-2-6-19(16)32-20)25-17-7-9-18(10-8-17)31-14-13-28-11-3-4-12-28/h1-2,5-10,15H,3-4,11-14H2,(H3,24,25,26,27). The summed E-state index contributed by atoms with van der Waals surface area (Å²) in [6.07, 6.45) is 2.56. The van der Waals surface area contributed by atoms with E-state index in [0.29, 0.717) is 11.5 Å². The number of nitrogen functional groups attached to an aromatic ring is 1. The predicted molar refractivity (Wildman–Crippen MR) is 127 cm³/mol. The molecule has 0 unspecified atom stereocenters. The number of nitrogens with one attached hydrogen (secondary N) is 1. The first-order valence-electron chi connectivity index (χ1n) is 10.6. The van der Waals surface area contributed by atoms with Gasteiger partial charge in [-0.2, -0.15) is 9.67 Å². The average molecular weight is 449 g/mol. The summed E-state index contributed by atoms with van der Waals surface area (Å²) in [5.41, 5.74) is 6.56. The molecule has 1 fully saturated rings. The SMILES string of the molecule is Nc1nc(Nc2ccc(OCCN3CCCC3)cc2)n(C(=O)c2cc3ccccc3s2)n1. The highest BCUT2D eigenvalue weighted by atomic mass is 32.1. The largest absolute Gasteiger partial charge is 0.492 e. The Bertz CT molecular complexity index is 1190. The Labute approximate surface area is 189 Å². The molecule has 1 aliphatic rings. The molecule has 1 aliphatic heterocycles. The summed E-state index contributed by atoms with van der Waals surface area (Å²) < 4.78 is 8.10. The van der Waals surface area contributed by atoms with Gasteiger partial charge in [0.05, 0.1) is 4.88 Å². The molecule has 9 heteroatoms. The molecule has 0 saturated carbocycles. The van der Waals surface area contributed by atoms with E-state index in [0.717, 1.165) is 41.2 Å². The van der Waals surface area contributed by atoms with Crippen molar-refractivity contribution in [2.24, 2.45) is 0 Å². The third kappa shape index (κ3) is 4.44. The van der Waals surface area contributed by atoms with Crippen LogP contribution in [0.15, 0.2) is 54.6 Å². The summed E-state index contributed by atoms with van der Waals surface area (Å²) in [6.45, 7) is 3.94. The lowest BCUT2D eigenvalue weighted by Gasteiger charge is -2.15. The molecule has 2 aromatic carbocycles. The molecule has 0 aliphatic carbocycles. The fraction of sp³-hybridized carbons (Fsp3) is 0.261. The first-order chi connectivity index (χ1) is 15.7. The van der Waals surface area contributed by atoms with Gasteiger partial charge in [-0.15, -0.1) is 16.4 Å². The number of hydrogen-bond acceptors (Lipinski definition) is 8. The summed E-state index contributed by atoms with van der Waals surface area (Å²) in [7, 11) is 0. The minimum absolute atomic E-state index is 0.0313. The Balaban J connectivity index is 1.27. The Kier molecular flexibility index (Phi) is 5.74. The monoisotopic (exact) mass is 448 g/mol. The Hall–Kier alpha value is -3.43. The molecule has 3 heterocycles. The summed E-state index contributed by atoms with van der Waals surface area (Å²) in [5, 5.41) is 8.25. The summed E-state index contributed by atoms with van der Waals surface area (Å²) in [5.74, 6) is 0.827. The van der Waals surface area contributed by atoms with Crippen LogP contribution in [0, 0.1) is 0 Å². The van der Waals surface area contributed by atoms with Crippen LogP contribution in [0.1, 0.15) is 22.5 Å². The molecule has 164 valence electrons. The lowest BCUT2D eigenvalue weighted by Crippen LogP contribution is -2.25. The second-order valence-electron chi connectivity index (χ2n) is 7.71. The number of likely N-dealkylation sites (tertiary alicyclic amines) is 1. The van der Waals surface area contributed by atoms with Gasteiger partial charge in [0.1, 0.15) is 12.4 Å². The molecule has 0 radical (unpaired) electrons. The van der Waals surface area contributed by atoms with Crippen LogP contribution in [0.4, 0.5) is 17.6 Å². The van der Waals surface area contributed by atoms with Gasteiger partial charge in [0.2, 0.25) is 11.9 Å². The Morgan fingerprint density at radius 2 is 1.91 bits per heavy atom. The van der Waals surface area contributed by atoms with Crippen molar-refractivity contribution >= 4 is 44.9 Å². The average Bonchev–Trinajstić information content (AvgIpc) is 3.54. The molecule has 0 spiro atoms. The van der Waals surface area contributed by atoms with Crippen LogP contribution in [-0.4, -0.2) is 51.8 Å². The van der Waals surface area contributed by atoms with Crippen LogP contribution >= 0.6 is 11.3 Å². The molecule has 2 aromatic heterocycles. The molecular formula is C23H24N6O2S. The van der Waals surface area contributed by atoms with Crippen LogP contribution in [0.25, 0.3) is 10.1 Å². The molecule has 0 bridgehead atoms. The van der Waals surface area contributed by atoms with Gasteiger partial charge >= 0.3 is 0 Å². The van der Waals surface area contributed by atoms with E-state index in [1.54, 1.807) is 0 Å². The molecular weight excluding hydrogens is 424 g/mol. The van der Waals surface area contributed by atoms with Gasteiger partial charge in [0.15, 0.2) is 0 Å². The topological polar surface area (TPSA) is 98.3 Å². The highest BCUT2D eigenvalue weighted by Gasteiger charge is 2.19. The van der Waals surface area contributed by atoms with Crippen LogP contribution in [0.2, 0.25) is 0 Å². The number of anilines is 3. The highest BCUT2D eigenvalue weighted by molar-refractivity contribution is 7.20. The fourth-order valence-corrected chi connectivity index (χ4v) is 4.79. The fourth-order valence-electron chi connectivity index (χ4n) is 3.80. The van der Waals surface area contributed by atoms with Gasteiger partial charge in [0, 0.05) is 16.9 Å². The second kappa shape index (κ2) is 8.97. The van der Waals surface area contributed by atoms with Gasteiger partial charge in [-0.25, -0.2) is 0 Å². The smallest absolute Gasteiger partial charge is 0.291 e. The van der Waals surface area contributed by atoms with Crippen molar-refractivity contribution in [2.45, 2.75) is 12.8 Å². The van der Waals surface area contributed by atoms with Crippen LogP contribution < -0.4 is 15.8 Å². The van der Waals surface area contributed by atoms with Crippen molar-refractivity contribution in [3.05, 3.63) is 59.5 Å². The van der Waals surface area contributed by atoms with Crippen molar-refractivity contribution in [1.82, 2.24) is 19.7 Å². The molecule has 3 N–H and O–H groups in total. The second-order valence-corrected chi connectivity index (χ2v) is 8.79. The number of hydrogen-bond donors (Lipinski definition) is 2. The first kappa shape index (κ1) is 20.5. The minimum Gasteiger partial charge on any atom is -0.492 e. The molecule has 4 aromatic rings. The Morgan fingerprint density at radius 1 is 1.12 bits per heavy atom. The maximum absolute atomic E-state index is 13.1. The van der Waals surface area contributed by atoms with E-state index < -0.39 is 0 Å². The van der Waals surface area contributed by atoms with E-state index in [2.05, 4.69) is 20.3 Å². The van der Waals surface area contributed by atoms with Crippen LogP contribution in [0.5, 0.6) is 5.75 Å². The number of fused-ring (bicyclic) bond motifs is 1. The van der Waals surface area contributed by atoms with Crippen molar-refractivity contribution in [3.63, 3.8) is 0 Å². The molecule has 32 heavy (non-hydrogen) atoms. The molecule has 0 atom stereocenters. The number of nitrogens with zero attached hydrogens (tertiary/aromatic N) is 4. The van der Waals surface area contributed by atoms with Crippen molar-refractivity contribution in [3.8, 4) is 5.75 Å². The number of nitrogens with two attached hydrogens (primary N) is 1. The van der Waals surface area contributed by atoms with Gasteiger partial charge in [-0.3, -0.25) is 9.69 Å². The number of rotatable bonds is 7. The molecule has 0 amide bonds. The Morgan fingerprint density at radius 3 is 2.69 bits per heavy atom. The van der Waals surface area contributed by atoms with Crippen molar-refractivity contribution in [2.75, 3.05) is 37.3 Å². The zero-order valence-electron chi connectivity index (χ0n) is 17.5. The third-order valence-electron chi connectivity index (χ3n) is 5.44. The number of aromatic nitrogens is 3.